The lowest BCUT2D eigenvalue weighted by Crippen LogP contribution is -2.40. The van der Waals surface area contributed by atoms with Crippen LogP contribution in [0.15, 0.2) is 98.5 Å². The van der Waals surface area contributed by atoms with Crippen molar-refractivity contribution in [2.24, 2.45) is 4.99 Å². The topological polar surface area (TPSA) is 110 Å². The Kier molecular flexibility index (Phi) is 10.2. The van der Waals surface area contributed by atoms with Crippen LogP contribution in [0.5, 0.6) is 11.5 Å². The zero-order chi connectivity index (χ0) is 34.7. The average molecular weight is 745 g/mol. The van der Waals surface area contributed by atoms with Gasteiger partial charge in [0, 0.05) is 33.7 Å². The smallest absolute Gasteiger partial charge is 0.343 e. The third kappa shape index (κ3) is 6.97. The zero-order valence-electron chi connectivity index (χ0n) is 27.4. The van der Waals surface area contributed by atoms with Crippen molar-refractivity contribution in [2.75, 3.05) is 26.9 Å². The predicted octanol–water partition coefficient (Wildman–Crippen LogP) is 5.51. The minimum atomic E-state index is -0.856. The number of hydrogen-bond acceptors (Lipinski definition) is 9. The van der Waals surface area contributed by atoms with Gasteiger partial charge < -0.3 is 23.5 Å². The Morgan fingerprint density at radius 1 is 1.00 bits per heavy atom. The number of fused-ring (bicyclic) bond motifs is 2. The van der Waals surface area contributed by atoms with Gasteiger partial charge in [0.2, 0.25) is 0 Å². The summed E-state index contributed by atoms with van der Waals surface area (Å²) in [5, 5.41) is 1.01. The molecule has 10 nitrogen and oxygen atoms in total. The fourth-order valence-electron chi connectivity index (χ4n) is 5.83. The monoisotopic (exact) mass is 743 g/mol. The van der Waals surface area contributed by atoms with Gasteiger partial charge in [0.15, 0.2) is 22.9 Å². The first kappa shape index (κ1) is 33.9. The fraction of sp³-hybridized carbons (Fsp3) is 0.243. The fourth-order valence-corrected chi connectivity index (χ4v) is 7.14. The average Bonchev–Trinajstić information content (AvgIpc) is 3.60. The Hall–Kier alpha value is -4.94. The maximum atomic E-state index is 14.4. The van der Waals surface area contributed by atoms with Crippen LogP contribution in [0.2, 0.25) is 0 Å². The Labute approximate surface area is 294 Å². The second-order valence-electron chi connectivity index (χ2n) is 11.2. The van der Waals surface area contributed by atoms with Crippen LogP contribution in [-0.4, -0.2) is 48.0 Å². The standard InChI is InChI=1S/C37H34BrN3O7S/c1-5-46-30-17-24(13-16-29(30)48-21-32(42)45-4)34-33(36(44)47-6-2)22(3)39-37-41(34)35(43)31(49-37)18-25-20-40(28-10-8-7-9-27(25)28)19-23-11-14-26(38)15-12-23/h7-18,20,34H,5-6,19,21H2,1-4H3/b31-18+/t34-/m1/s1. The maximum Gasteiger partial charge on any atom is 0.343 e. The highest BCUT2D eigenvalue weighted by atomic mass is 79.9. The lowest BCUT2D eigenvalue weighted by atomic mass is 9.95. The van der Waals surface area contributed by atoms with Gasteiger partial charge in [-0.05, 0) is 68.3 Å². The Bertz CT molecular complexity index is 2270. The van der Waals surface area contributed by atoms with Crippen molar-refractivity contribution in [3.8, 4) is 11.5 Å². The number of benzene rings is 3. The van der Waals surface area contributed by atoms with E-state index in [1.165, 1.54) is 23.0 Å². The highest BCUT2D eigenvalue weighted by Crippen LogP contribution is 2.36. The molecule has 3 aromatic carbocycles. The molecular formula is C37H34BrN3O7S. The van der Waals surface area contributed by atoms with Crippen LogP contribution in [-0.2, 0) is 25.6 Å². The Morgan fingerprint density at radius 3 is 2.51 bits per heavy atom. The van der Waals surface area contributed by atoms with Gasteiger partial charge in [-0.1, -0.05) is 63.7 Å². The number of methoxy groups -OCH3 is 1. The van der Waals surface area contributed by atoms with Crippen molar-refractivity contribution >= 4 is 56.2 Å². The number of nitrogens with zero attached hydrogens (tertiary/aromatic N) is 3. The highest BCUT2D eigenvalue weighted by Gasteiger charge is 2.34. The normalized spacial score (nSPS) is 14.4. The predicted molar refractivity (Wildman–Crippen MR) is 191 cm³/mol. The van der Waals surface area contributed by atoms with Crippen molar-refractivity contribution in [3.63, 3.8) is 0 Å². The SMILES string of the molecule is CCOC(=O)C1=C(C)N=c2s/c(=C/c3cn(Cc4ccc(Br)cc4)c4ccccc34)c(=O)n2[C@@H]1c1ccc(OCC(=O)OC)c(OCC)c1. The van der Waals surface area contributed by atoms with Gasteiger partial charge in [-0.25, -0.2) is 14.6 Å². The van der Waals surface area contributed by atoms with Crippen LogP contribution in [0.1, 0.15) is 43.5 Å². The summed E-state index contributed by atoms with van der Waals surface area (Å²) >= 11 is 4.77. The van der Waals surface area contributed by atoms with E-state index in [1.54, 1.807) is 32.0 Å². The molecule has 0 fully saturated rings. The van der Waals surface area contributed by atoms with Crippen molar-refractivity contribution in [3.05, 3.63) is 125 Å². The molecule has 252 valence electrons. The minimum Gasteiger partial charge on any atom is -0.490 e. The van der Waals surface area contributed by atoms with Gasteiger partial charge in [0.05, 0.1) is 42.2 Å². The molecule has 0 aliphatic carbocycles. The summed E-state index contributed by atoms with van der Waals surface area (Å²) in [6, 6.07) is 20.5. The third-order valence-electron chi connectivity index (χ3n) is 8.05. The number of hydrogen-bond donors (Lipinski definition) is 0. The summed E-state index contributed by atoms with van der Waals surface area (Å²) < 4.78 is 26.9. The lowest BCUT2D eigenvalue weighted by molar-refractivity contribution is -0.143. The molecule has 5 aromatic rings. The molecule has 0 bridgehead atoms. The number of allylic oxidation sites excluding steroid dienone is 1. The van der Waals surface area contributed by atoms with E-state index in [-0.39, 0.29) is 24.3 Å². The van der Waals surface area contributed by atoms with Gasteiger partial charge >= 0.3 is 11.9 Å². The molecular weight excluding hydrogens is 710 g/mol. The molecule has 0 saturated carbocycles. The van der Waals surface area contributed by atoms with Crippen LogP contribution in [0, 0.1) is 0 Å². The Balaban J connectivity index is 1.48. The minimum absolute atomic E-state index is 0.154. The molecule has 6 rings (SSSR count). The van der Waals surface area contributed by atoms with Crippen LogP contribution < -0.4 is 24.4 Å². The van der Waals surface area contributed by atoms with Crippen LogP contribution >= 0.6 is 27.3 Å². The molecule has 1 aliphatic heterocycles. The van der Waals surface area contributed by atoms with Gasteiger partial charge in [-0.2, -0.15) is 0 Å². The molecule has 1 aliphatic rings. The van der Waals surface area contributed by atoms with Crippen LogP contribution in [0.25, 0.3) is 17.0 Å². The number of halogens is 1. The van der Waals surface area contributed by atoms with Crippen molar-refractivity contribution in [1.29, 1.82) is 0 Å². The largest absolute Gasteiger partial charge is 0.490 e. The summed E-state index contributed by atoms with van der Waals surface area (Å²) in [5.41, 5.74) is 4.07. The molecule has 0 unspecified atom stereocenters. The van der Waals surface area contributed by atoms with Crippen LogP contribution in [0.3, 0.4) is 0 Å². The number of carbonyl (C=O) groups excluding carboxylic acids is 2. The highest BCUT2D eigenvalue weighted by molar-refractivity contribution is 9.10. The number of aromatic nitrogens is 2. The van der Waals surface area contributed by atoms with E-state index in [2.05, 4.69) is 44.9 Å². The summed E-state index contributed by atoms with van der Waals surface area (Å²) in [5.74, 6) is -0.440. The van der Waals surface area contributed by atoms with Gasteiger partial charge in [0.1, 0.15) is 0 Å². The summed E-state index contributed by atoms with van der Waals surface area (Å²) in [6.45, 7) is 6.11. The van der Waals surface area contributed by atoms with E-state index in [1.807, 2.05) is 43.3 Å². The maximum absolute atomic E-state index is 14.4. The number of esters is 2. The number of ether oxygens (including phenoxy) is 4. The van der Waals surface area contributed by atoms with Crippen molar-refractivity contribution in [2.45, 2.75) is 33.4 Å². The van der Waals surface area contributed by atoms with E-state index in [4.69, 9.17) is 23.9 Å². The molecule has 0 saturated heterocycles. The van der Waals surface area contributed by atoms with Gasteiger partial charge in [-0.15, -0.1) is 0 Å². The summed E-state index contributed by atoms with van der Waals surface area (Å²) in [4.78, 5) is 44.8. The number of rotatable bonds is 11. The molecule has 3 heterocycles. The van der Waals surface area contributed by atoms with E-state index in [9.17, 15) is 14.4 Å². The number of para-hydroxylation sites is 1. The summed E-state index contributed by atoms with van der Waals surface area (Å²) in [6.07, 6.45) is 3.94. The zero-order valence-corrected chi connectivity index (χ0v) is 29.8. The molecule has 0 radical (unpaired) electrons. The van der Waals surface area contributed by atoms with Gasteiger partial charge in [0.25, 0.3) is 5.56 Å². The molecule has 0 spiro atoms. The van der Waals surface area contributed by atoms with E-state index >= 15 is 0 Å². The molecule has 12 heteroatoms. The van der Waals surface area contributed by atoms with Crippen LogP contribution in [0.4, 0.5) is 0 Å². The van der Waals surface area contributed by atoms with E-state index in [0.717, 1.165) is 26.5 Å². The van der Waals surface area contributed by atoms with E-state index in [0.29, 0.717) is 45.2 Å². The van der Waals surface area contributed by atoms with Gasteiger partial charge in [-0.3, -0.25) is 9.36 Å². The quantitative estimate of drug-likeness (QED) is 0.164. The van der Waals surface area contributed by atoms with Crippen molar-refractivity contribution < 1.29 is 28.5 Å². The summed E-state index contributed by atoms with van der Waals surface area (Å²) in [7, 11) is 1.28. The second-order valence-corrected chi connectivity index (χ2v) is 13.1. The molecule has 0 N–H and O–H groups in total. The first-order valence-electron chi connectivity index (χ1n) is 15.7. The lowest BCUT2D eigenvalue weighted by Gasteiger charge is -2.25. The number of carbonyl (C=O) groups is 2. The molecule has 1 atom stereocenters. The third-order valence-corrected chi connectivity index (χ3v) is 9.56. The second kappa shape index (κ2) is 14.7. The molecule has 2 aromatic heterocycles. The molecule has 0 amide bonds. The Morgan fingerprint density at radius 2 is 1.78 bits per heavy atom. The van der Waals surface area contributed by atoms with E-state index < -0.39 is 18.0 Å². The molecule has 49 heavy (non-hydrogen) atoms. The first-order chi connectivity index (χ1) is 23.7. The number of thiazole rings is 1. The first-order valence-corrected chi connectivity index (χ1v) is 17.3. The van der Waals surface area contributed by atoms with Crippen molar-refractivity contribution in [1.82, 2.24) is 9.13 Å².